The van der Waals surface area contributed by atoms with Crippen molar-refractivity contribution in [2.24, 2.45) is 0 Å². The molecule has 5 aromatic rings. The Labute approximate surface area is 200 Å². The van der Waals surface area contributed by atoms with E-state index in [0.29, 0.717) is 33.9 Å². The third-order valence-corrected chi connectivity index (χ3v) is 5.80. The highest BCUT2D eigenvalue weighted by atomic mass is 35.5. The number of halogens is 1. The van der Waals surface area contributed by atoms with Crippen LogP contribution in [0.15, 0.2) is 108 Å². The molecule has 1 heterocycles. The maximum Gasteiger partial charge on any atom is 0.345 e. The molecule has 0 saturated heterocycles. The Bertz CT molecular complexity index is 1560. The van der Waals surface area contributed by atoms with Gasteiger partial charge in [-0.05, 0) is 42.0 Å². The molecule has 0 aliphatic carbocycles. The molecule has 166 valence electrons. The van der Waals surface area contributed by atoms with Crippen molar-refractivity contribution in [3.63, 3.8) is 0 Å². The van der Waals surface area contributed by atoms with Crippen LogP contribution in [0.5, 0.6) is 5.75 Å². The smallest absolute Gasteiger partial charge is 0.345 e. The van der Waals surface area contributed by atoms with Crippen LogP contribution in [0, 0.1) is 0 Å². The molecule has 4 aromatic carbocycles. The van der Waals surface area contributed by atoms with Gasteiger partial charge in [-0.25, -0.2) is 9.78 Å². The minimum absolute atomic E-state index is 0.170. The van der Waals surface area contributed by atoms with Gasteiger partial charge in [0.25, 0.3) is 5.56 Å². The maximum absolute atomic E-state index is 13.5. The summed E-state index contributed by atoms with van der Waals surface area (Å²) in [4.78, 5) is 31.2. The highest BCUT2D eigenvalue weighted by Crippen LogP contribution is 2.30. The molecule has 0 aliphatic rings. The Kier molecular flexibility index (Phi) is 5.93. The van der Waals surface area contributed by atoms with Gasteiger partial charge in [0, 0.05) is 0 Å². The summed E-state index contributed by atoms with van der Waals surface area (Å²) in [5, 5.41) is 0.822. The highest BCUT2D eigenvalue weighted by Gasteiger charge is 2.19. The van der Waals surface area contributed by atoms with Gasteiger partial charge in [-0.3, -0.25) is 9.36 Å². The first-order valence-corrected chi connectivity index (χ1v) is 11.1. The fourth-order valence-electron chi connectivity index (χ4n) is 3.81. The van der Waals surface area contributed by atoms with Crippen LogP contribution in [-0.2, 0) is 6.54 Å². The standard InChI is InChI=1S/C28H19ClN2O3/c29-23-15-7-4-12-20(23)28(33)34-25-17-9-6-14-22(25)26-30-24-16-8-5-13-21(24)27(32)31(26)18-19-10-2-1-3-11-19/h1-17H,18H2. The normalized spacial score (nSPS) is 10.9. The molecule has 0 bridgehead atoms. The summed E-state index contributed by atoms with van der Waals surface area (Å²) in [6.07, 6.45) is 0. The molecule has 0 saturated carbocycles. The molecule has 6 heteroatoms. The summed E-state index contributed by atoms with van der Waals surface area (Å²) in [5.41, 5.74) is 2.14. The van der Waals surface area contributed by atoms with Crippen molar-refractivity contribution >= 4 is 28.5 Å². The molecule has 0 spiro atoms. The second-order valence-corrected chi connectivity index (χ2v) is 8.10. The van der Waals surface area contributed by atoms with Gasteiger partial charge < -0.3 is 4.74 Å². The highest BCUT2D eigenvalue weighted by molar-refractivity contribution is 6.33. The van der Waals surface area contributed by atoms with Gasteiger partial charge in [0.15, 0.2) is 0 Å². The van der Waals surface area contributed by atoms with Crippen LogP contribution >= 0.6 is 11.6 Å². The maximum atomic E-state index is 13.5. The first-order valence-electron chi connectivity index (χ1n) is 10.7. The molecule has 5 rings (SSSR count). The molecular formula is C28H19ClN2O3. The number of hydrogen-bond acceptors (Lipinski definition) is 4. The van der Waals surface area contributed by atoms with Crippen molar-refractivity contribution in [1.29, 1.82) is 0 Å². The molecule has 0 unspecified atom stereocenters. The van der Waals surface area contributed by atoms with E-state index in [2.05, 4.69) is 0 Å². The number of rotatable bonds is 5. The average Bonchev–Trinajstić information content (AvgIpc) is 2.87. The molecule has 0 amide bonds. The predicted molar refractivity (Wildman–Crippen MR) is 133 cm³/mol. The Hall–Kier alpha value is -4.22. The second kappa shape index (κ2) is 9.33. The lowest BCUT2D eigenvalue weighted by Gasteiger charge is -2.16. The summed E-state index contributed by atoms with van der Waals surface area (Å²) in [6, 6.07) is 30.6. The number of ether oxygens (including phenoxy) is 1. The van der Waals surface area contributed by atoms with Crippen molar-refractivity contribution in [3.05, 3.63) is 130 Å². The van der Waals surface area contributed by atoms with Gasteiger partial charge in [0.1, 0.15) is 11.6 Å². The van der Waals surface area contributed by atoms with Crippen LogP contribution in [0.4, 0.5) is 0 Å². The summed E-state index contributed by atoms with van der Waals surface area (Å²) >= 11 is 6.19. The van der Waals surface area contributed by atoms with E-state index in [9.17, 15) is 9.59 Å². The predicted octanol–water partition coefficient (Wildman–Crippen LogP) is 5.98. The van der Waals surface area contributed by atoms with Gasteiger partial charge in [0.05, 0.1) is 33.6 Å². The van der Waals surface area contributed by atoms with Gasteiger partial charge in [0.2, 0.25) is 0 Å². The molecule has 0 aliphatic heterocycles. The van der Waals surface area contributed by atoms with E-state index in [1.165, 1.54) is 0 Å². The molecule has 5 nitrogen and oxygen atoms in total. The number of benzene rings is 4. The zero-order valence-corrected chi connectivity index (χ0v) is 18.8. The second-order valence-electron chi connectivity index (χ2n) is 7.69. The van der Waals surface area contributed by atoms with E-state index in [4.69, 9.17) is 21.3 Å². The molecule has 1 aromatic heterocycles. The lowest BCUT2D eigenvalue weighted by molar-refractivity contribution is 0.0735. The first-order chi connectivity index (χ1) is 16.6. The number of fused-ring (bicyclic) bond motifs is 1. The van der Waals surface area contributed by atoms with Crippen molar-refractivity contribution in [2.75, 3.05) is 0 Å². The molecule has 0 radical (unpaired) electrons. The number of hydrogen-bond donors (Lipinski definition) is 0. The fourth-order valence-corrected chi connectivity index (χ4v) is 4.02. The monoisotopic (exact) mass is 466 g/mol. The SMILES string of the molecule is O=C(Oc1ccccc1-c1nc2ccccc2c(=O)n1Cc1ccccc1)c1ccccc1Cl. The van der Waals surface area contributed by atoms with Crippen molar-refractivity contribution < 1.29 is 9.53 Å². The van der Waals surface area contributed by atoms with Crippen LogP contribution in [0.25, 0.3) is 22.3 Å². The fraction of sp³-hybridized carbons (Fsp3) is 0.0357. The van der Waals surface area contributed by atoms with Crippen LogP contribution in [0.1, 0.15) is 15.9 Å². The molecule has 0 atom stereocenters. The zero-order valence-electron chi connectivity index (χ0n) is 18.0. The Morgan fingerprint density at radius 1 is 0.824 bits per heavy atom. The lowest BCUT2D eigenvalue weighted by atomic mass is 10.1. The van der Waals surface area contributed by atoms with Gasteiger partial charge in [-0.2, -0.15) is 0 Å². The Balaban J connectivity index is 1.66. The number of carbonyl (C=O) groups excluding carboxylic acids is 1. The molecular weight excluding hydrogens is 448 g/mol. The van der Waals surface area contributed by atoms with Crippen LogP contribution in [-0.4, -0.2) is 15.5 Å². The average molecular weight is 467 g/mol. The van der Waals surface area contributed by atoms with E-state index in [0.717, 1.165) is 5.56 Å². The van der Waals surface area contributed by atoms with Gasteiger partial charge in [-0.1, -0.05) is 78.3 Å². The Morgan fingerprint density at radius 3 is 2.32 bits per heavy atom. The van der Waals surface area contributed by atoms with Crippen LogP contribution < -0.4 is 10.3 Å². The molecule has 0 N–H and O–H groups in total. The third-order valence-electron chi connectivity index (χ3n) is 5.47. The van der Waals surface area contributed by atoms with Gasteiger partial charge >= 0.3 is 5.97 Å². The van der Waals surface area contributed by atoms with Crippen molar-refractivity contribution in [1.82, 2.24) is 9.55 Å². The summed E-state index contributed by atoms with van der Waals surface area (Å²) in [6.45, 7) is 0.319. The molecule has 34 heavy (non-hydrogen) atoms. The minimum atomic E-state index is -0.587. The largest absolute Gasteiger partial charge is 0.422 e. The van der Waals surface area contributed by atoms with E-state index >= 15 is 0 Å². The van der Waals surface area contributed by atoms with E-state index in [-0.39, 0.29) is 16.9 Å². The number of aromatic nitrogens is 2. The van der Waals surface area contributed by atoms with E-state index in [1.54, 1.807) is 59.2 Å². The topological polar surface area (TPSA) is 61.2 Å². The van der Waals surface area contributed by atoms with Crippen LogP contribution in [0.2, 0.25) is 5.02 Å². The quantitative estimate of drug-likeness (QED) is 0.236. The first kappa shape index (κ1) is 21.6. The van der Waals surface area contributed by atoms with E-state index in [1.807, 2.05) is 48.5 Å². The third kappa shape index (κ3) is 4.21. The van der Waals surface area contributed by atoms with Crippen molar-refractivity contribution in [2.45, 2.75) is 6.54 Å². The minimum Gasteiger partial charge on any atom is -0.422 e. The summed E-state index contributed by atoms with van der Waals surface area (Å²) in [5.74, 6) is 0.113. The number of carbonyl (C=O) groups is 1. The van der Waals surface area contributed by atoms with Crippen molar-refractivity contribution in [3.8, 4) is 17.1 Å². The number of para-hydroxylation sites is 2. The lowest BCUT2D eigenvalue weighted by Crippen LogP contribution is -2.24. The van der Waals surface area contributed by atoms with Gasteiger partial charge in [-0.15, -0.1) is 0 Å². The molecule has 0 fully saturated rings. The van der Waals surface area contributed by atoms with Crippen LogP contribution in [0.3, 0.4) is 0 Å². The Morgan fingerprint density at radius 2 is 1.50 bits per heavy atom. The summed E-state index contributed by atoms with van der Waals surface area (Å²) < 4.78 is 7.36. The number of nitrogens with zero attached hydrogens (tertiary/aromatic N) is 2. The van der Waals surface area contributed by atoms with E-state index < -0.39 is 5.97 Å². The number of esters is 1. The summed E-state index contributed by atoms with van der Waals surface area (Å²) in [7, 11) is 0. The zero-order chi connectivity index (χ0) is 23.5.